The van der Waals surface area contributed by atoms with Crippen molar-refractivity contribution in [3.8, 4) is 0 Å². The first kappa shape index (κ1) is 14.6. The first-order chi connectivity index (χ1) is 8.42. The van der Waals surface area contributed by atoms with Crippen molar-refractivity contribution in [3.63, 3.8) is 0 Å². The van der Waals surface area contributed by atoms with Crippen LogP contribution in [0.25, 0.3) is 0 Å². The maximum atomic E-state index is 11.8. The van der Waals surface area contributed by atoms with Crippen molar-refractivity contribution in [3.05, 3.63) is 23.7 Å². The minimum Gasteiger partial charge on any atom is -0.467 e. The fourth-order valence-electron chi connectivity index (χ4n) is 1.32. The lowest BCUT2D eigenvalue weighted by atomic mass is 10.3. The van der Waals surface area contributed by atoms with Gasteiger partial charge in [-0.05, 0) is 19.0 Å². The number of furan rings is 1. The van der Waals surface area contributed by atoms with Gasteiger partial charge in [0, 0.05) is 6.42 Å². The monoisotopic (exact) mass is 265 g/mol. The molecule has 0 spiro atoms. The summed E-state index contributed by atoms with van der Waals surface area (Å²) in [5.41, 5.74) is 0.282. The number of carbonyl (C=O) groups is 1. The quantitative estimate of drug-likeness (QED) is 0.634. The van der Waals surface area contributed by atoms with Crippen LogP contribution in [-0.4, -0.2) is 25.8 Å². The molecule has 0 aliphatic carbocycles. The van der Waals surface area contributed by atoms with Crippen LogP contribution in [0.5, 0.6) is 0 Å². The Bertz CT molecular complexity index is 387. The average molecular weight is 265 g/mol. The third kappa shape index (κ3) is 5.22. The summed E-state index contributed by atoms with van der Waals surface area (Å²) in [6.07, 6.45) is -3.68. The lowest BCUT2D eigenvalue weighted by Crippen LogP contribution is -2.17. The zero-order valence-electron chi connectivity index (χ0n) is 9.84. The number of rotatable bonds is 6. The Morgan fingerprint density at radius 1 is 1.50 bits per heavy atom. The molecule has 0 aromatic carbocycles. The van der Waals surface area contributed by atoms with Gasteiger partial charge in [-0.15, -0.1) is 0 Å². The SMILES string of the molecule is COC(=O)c1coc(CNCCCC(F)(F)F)c1. The molecule has 1 heterocycles. The van der Waals surface area contributed by atoms with Crippen LogP contribution < -0.4 is 5.32 Å². The van der Waals surface area contributed by atoms with Gasteiger partial charge in [-0.3, -0.25) is 0 Å². The molecule has 0 aliphatic rings. The Kier molecular flexibility index (Phi) is 5.21. The van der Waals surface area contributed by atoms with E-state index < -0.39 is 18.6 Å². The molecule has 102 valence electrons. The van der Waals surface area contributed by atoms with Crippen molar-refractivity contribution in [2.75, 3.05) is 13.7 Å². The Morgan fingerprint density at radius 2 is 2.22 bits per heavy atom. The fourth-order valence-corrected chi connectivity index (χ4v) is 1.32. The van der Waals surface area contributed by atoms with Crippen molar-refractivity contribution < 1.29 is 27.1 Å². The van der Waals surface area contributed by atoms with Crippen LogP contribution in [0.15, 0.2) is 16.7 Å². The van der Waals surface area contributed by atoms with Crippen LogP contribution in [0, 0.1) is 0 Å². The van der Waals surface area contributed by atoms with E-state index in [0.29, 0.717) is 5.76 Å². The standard InChI is InChI=1S/C11H14F3NO3/c1-17-10(16)8-5-9(18-7-8)6-15-4-2-3-11(12,13)14/h5,7,15H,2-4,6H2,1H3. The van der Waals surface area contributed by atoms with Crippen molar-refractivity contribution in [1.29, 1.82) is 0 Å². The summed E-state index contributed by atoms with van der Waals surface area (Å²) in [4.78, 5) is 11.1. The van der Waals surface area contributed by atoms with Gasteiger partial charge in [0.25, 0.3) is 0 Å². The number of nitrogens with one attached hydrogen (secondary N) is 1. The smallest absolute Gasteiger partial charge is 0.389 e. The van der Waals surface area contributed by atoms with E-state index in [9.17, 15) is 18.0 Å². The number of methoxy groups -OCH3 is 1. The Hall–Kier alpha value is -1.50. The van der Waals surface area contributed by atoms with E-state index in [2.05, 4.69) is 10.1 Å². The van der Waals surface area contributed by atoms with Crippen LogP contribution in [0.4, 0.5) is 13.2 Å². The third-order valence-electron chi connectivity index (χ3n) is 2.19. The summed E-state index contributed by atoms with van der Waals surface area (Å²) in [5, 5.41) is 2.80. The molecule has 0 aliphatic heterocycles. The average Bonchev–Trinajstić information content (AvgIpc) is 2.75. The number of hydrogen-bond acceptors (Lipinski definition) is 4. The van der Waals surface area contributed by atoms with Crippen LogP contribution in [0.1, 0.15) is 29.0 Å². The normalized spacial score (nSPS) is 11.6. The van der Waals surface area contributed by atoms with Crippen LogP contribution in [-0.2, 0) is 11.3 Å². The molecule has 1 rings (SSSR count). The first-order valence-electron chi connectivity index (χ1n) is 5.35. The largest absolute Gasteiger partial charge is 0.467 e. The number of halogens is 3. The molecule has 1 aromatic heterocycles. The van der Waals surface area contributed by atoms with Crippen LogP contribution in [0.3, 0.4) is 0 Å². The van der Waals surface area contributed by atoms with Crippen molar-refractivity contribution in [2.45, 2.75) is 25.6 Å². The lowest BCUT2D eigenvalue weighted by Gasteiger charge is -2.06. The number of ether oxygens (including phenoxy) is 1. The third-order valence-corrected chi connectivity index (χ3v) is 2.19. The molecule has 1 N–H and O–H groups in total. The van der Waals surface area contributed by atoms with Gasteiger partial charge in [0.1, 0.15) is 12.0 Å². The molecular formula is C11H14F3NO3. The van der Waals surface area contributed by atoms with Gasteiger partial charge >= 0.3 is 12.1 Å². The second-order valence-electron chi connectivity index (χ2n) is 3.69. The zero-order chi connectivity index (χ0) is 13.6. The highest BCUT2D eigenvalue weighted by molar-refractivity contribution is 5.88. The van der Waals surface area contributed by atoms with E-state index in [4.69, 9.17) is 4.42 Å². The molecule has 0 amide bonds. The molecule has 1 aromatic rings. The maximum Gasteiger partial charge on any atom is 0.389 e. The van der Waals surface area contributed by atoms with Gasteiger partial charge in [0.2, 0.25) is 0 Å². The summed E-state index contributed by atoms with van der Waals surface area (Å²) >= 11 is 0. The second kappa shape index (κ2) is 6.44. The maximum absolute atomic E-state index is 11.8. The molecule has 0 fully saturated rings. The molecule has 7 heteroatoms. The number of esters is 1. The zero-order valence-corrected chi connectivity index (χ0v) is 9.84. The van der Waals surface area contributed by atoms with Crippen molar-refractivity contribution in [2.24, 2.45) is 0 Å². The first-order valence-corrected chi connectivity index (χ1v) is 5.35. The lowest BCUT2D eigenvalue weighted by molar-refractivity contribution is -0.135. The highest BCUT2D eigenvalue weighted by Gasteiger charge is 2.25. The molecule has 0 bridgehead atoms. The number of hydrogen-bond donors (Lipinski definition) is 1. The van der Waals surface area contributed by atoms with Crippen LogP contribution >= 0.6 is 0 Å². The number of alkyl halides is 3. The molecular weight excluding hydrogens is 251 g/mol. The van der Waals surface area contributed by atoms with E-state index in [0.717, 1.165) is 0 Å². The van der Waals surface area contributed by atoms with Gasteiger partial charge in [-0.2, -0.15) is 13.2 Å². The van der Waals surface area contributed by atoms with Gasteiger partial charge in [-0.25, -0.2) is 4.79 Å². The van der Waals surface area contributed by atoms with Crippen LogP contribution in [0.2, 0.25) is 0 Å². The Balaban J connectivity index is 2.24. The Labute approximate surface area is 102 Å². The predicted molar refractivity (Wildman–Crippen MR) is 57.0 cm³/mol. The van der Waals surface area contributed by atoms with Gasteiger partial charge in [-0.1, -0.05) is 0 Å². The molecule has 0 atom stereocenters. The topological polar surface area (TPSA) is 51.5 Å². The van der Waals surface area contributed by atoms with E-state index in [1.807, 2.05) is 0 Å². The summed E-state index contributed by atoms with van der Waals surface area (Å²) in [6, 6.07) is 1.49. The highest BCUT2D eigenvalue weighted by atomic mass is 19.4. The molecule has 0 unspecified atom stereocenters. The van der Waals surface area contributed by atoms with E-state index in [1.165, 1.54) is 19.4 Å². The summed E-state index contributed by atoms with van der Waals surface area (Å²) in [6.45, 7) is 0.503. The number of carbonyl (C=O) groups excluding carboxylic acids is 1. The van der Waals surface area contributed by atoms with E-state index in [-0.39, 0.29) is 25.1 Å². The summed E-state index contributed by atoms with van der Waals surface area (Å²) in [7, 11) is 1.25. The second-order valence-corrected chi connectivity index (χ2v) is 3.69. The minimum atomic E-state index is -4.12. The summed E-state index contributed by atoms with van der Waals surface area (Å²) in [5.74, 6) is -0.0375. The molecule has 18 heavy (non-hydrogen) atoms. The van der Waals surface area contributed by atoms with Gasteiger partial charge in [0.15, 0.2) is 0 Å². The Morgan fingerprint density at radius 3 is 2.83 bits per heavy atom. The van der Waals surface area contributed by atoms with Gasteiger partial charge < -0.3 is 14.5 Å². The summed E-state index contributed by atoms with van der Waals surface area (Å²) < 4.78 is 45.1. The predicted octanol–water partition coefficient (Wildman–Crippen LogP) is 2.50. The highest BCUT2D eigenvalue weighted by Crippen LogP contribution is 2.20. The fraction of sp³-hybridized carbons (Fsp3) is 0.545. The van der Waals surface area contributed by atoms with Crippen molar-refractivity contribution in [1.82, 2.24) is 5.32 Å². The minimum absolute atomic E-state index is 0.00800. The van der Waals surface area contributed by atoms with Gasteiger partial charge in [0.05, 0.1) is 19.2 Å². The van der Waals surface area contributed by atoms with E-state index in [1.54, 1.807) is 0 Å². The molecule has 0 radical (unpaired) electrons. The molecule has 4 nitrogen and oxygen atoms in total. The molecule has 0 saturated heterocycles. The molecule has 0 saturated carbocycles. The van der Waals surface area contributed by atoms with E-state index >= 15 is 0 Å². The van der Waals surface area contributed by atoms with Crippen molar-refractivity contribution >= 4 is 5.97 Å².